The van der Waals surface area contributed by atoms with E-state index >= 15 is 0 Å². The number of carbonyl (C=O) groups excluding carboxylic acids is 1. The van der Waals surface area contributed by atoms with Crippen molar-refractivity contribution in [1.82, 2.24) is 9.55 Å². The molecule has 0 bridgehead atoms. The first-order chi connectivity index (χ1) is 14.0. The molecule has 1 amide bonds. The van der Waals surface area contributed by atoms with Crippen LogP contribution in [0.5, 0.6) is 0 Å². The number of amides is 1. The van der Waals surface area contributed by atoms with Crippen molar-refractivity contribution >= 4 is 56.5 Å². The summed E-state index contributed by atoms with van der Waals surface area (Å²) in [5.41, 5.74) is 2.66. The summed E-state index contributed by atoms with van der Waals surface area (Å²) < 4.78 is 1.55. The van der Waals surface area contributed by atoms with Gasteiger partial charge >= 0.3 is 0 Å². The Morgan fingerprint density at radius 3 is 2.83 bits per heavy atom. The average molecular weight is 448 g/mol. The van der Waals surface area contributed by atoms with Gasteiger partial charge in [-0.25, -0.2) is 4.98 Å². The van der Waals surface area contributed by atoms with E-state index in [0.29, 0.717) is 26.9 Å². The van der Waals surface area contributed by atoms with Crippen molar-refractivity contribution in [2.24, 2.45) is 0 Å². The van der Waals surface area contributed by atoms with Crippen LogP contribution in [0.1, 0.15) is 25.0 Å². The number of carbonyl (C=O) groups is 1. The number of thiophene rings is 1. The fourth-order valence-corrected chi connectivity index (χ4v) is 5.01. The summed E-state index contributed by atoms with van der Waals surface area (Å²) in [6.45, 7) is 8.12. The molecule has 0 unspecified atom stereocenters. The second-order valence-corrected chi connectivity index (χ2v) is 8.59. The molecule has 0 fully saturated rings. The number of nitrogens with one attached hydrogen (secondary N) is 1. The summed E-state index contributed by atoms with van der Waals surface area (Å²) in [5.74, 6) is -0.0217. The number of benzene rings is 1. The zero-order chi connectivity index (χ0) is 21.0. The van der Waals surface area contributed by atoms with E-state index in [1.807, 2.05) is 31.4 Å². The van der Waals surface area contributed by atoms with Crippen molar-refractivity contribution < 1.29 is 4.79 Å². The summed E-state index contributed by atoms with van der Waals surface area (Å²) in [6.07, 6.45) is 3.17. The Balaban J connectivity index is 1.83. The van der Waals surface area contributed by atoms with E-state index < -0.39 is 0 Å². The third-order valence-electron chi connectivity index (χ3n) is 4.53. The number of fused-ring (bicyclic) bond motifs is 1. The lowest BCUT2D eigenvalue weighted by Gasteiger charge is -2.16. The number of thioether (sulfide) groups is 1. The zero-order valence-corrected chi connectivity index (χ0v) is 18.7. The van der Waals surface area contributed by atoms with Crippen LogP contribution in [0, 0.1) is 0 Å². The van der Waals surface area contributed by atoms with Gasteiger partial charge in [0.2, 0.25) is 5.91 Å². The molecule has 0 spiro atoms. The molecule has 0 aliphatic rings. The van der Waals surface area contributed by atoms with E-state index in [1.165, 1.54) is 23.1 Å². The van der Waals surface area contributed by atoms with Gasteiger partial charge in [-0.2, -0.15) is 0 Å². The van der Waals surface area contributed by atoms with Gasteiger partial charge in [-0.15, -0.1) is 17.9 Å². The molecule has 0 radical (unpaired) electrons. The molecule has 3 rings (SSSR count). The Morgan fingerprint density at radius 1 is 1.34 bits per heavy atom. The van der Waals surface area contributed by atoms with Crippen molar-refractivity contribution in [3.63, 3.8) is 0 Å². The summed E-state index contributed by atoms with van der Waals surface area (Å²) >= 11 is 8.98. The summed E-state index contributed by atoms with van der Waals surface area (Å²) in [6, 6.07) is 5.59. The highest BCUT2D eigenvalue weighted by Gasteiger charge is 2.16. The van der Waals surface area contributed by atoms with Crippen LogP contribution in [0.4, 0.5) is 5.69 Å². The minimum absolute atomic E-state index is 0.115. The van der Waals surface area contributed by atoms with Crippen LogP contribution in [-0.2, 0) is 24.2 Å². The Hall–Kier alpha value is -2.09. The van der Waals surface area contributed by atoms with Gasteiger partial charge in [-0.1, -0.05) is 49.4 Å². The van der Waals surface area contributed by atoms with Gasteiger partial charge in [0.25, 0.3) is 5.56 Å². The highest BCUT2D eigenvalue weighted by molar-refractivity contribution is 7.99. The molecule has 0 saturated carbocycles. The molecular weight excluding hydrogens is 426 g/mol. The largest absolute Gasteiger partial charge is 0.325 e. The van der Waals surface area contributed by atoms with Gasteiger partial charge in [0, 0.05) is 17.3 Å². The van der Waals surface area contributed by atoms with Crippen molar-refractivity contribution in [3.8, 4) is 0 Å². The van der Waals surface area contributed by atoms with Gasteiger partial charge in [-0.3, -0.25) is 14.2 Å². The number of hydrogen-bond acceptors (Lipinski definition) is 5. The first-order valence-electron chi connectivity index (χ1n) is 9.31. The quantitative estimate of drug-likeness (QED) is 0.294. The molecule has 0 atom stereocenters. The number of aryl methyl sites for hydroxylation is 1. The van der Waals surface area contributed by atoms with E-state index in [4.69, 9.17) is 11.6 Å². The fraction of sp³-hybridized carbons (Fsp3) is 0.286. The minimum atomic E-state index is -0.160. The molecule has 5 nitrogen and oxygen atoms in total. The van der Waals surface area contributed by atoms with E-state index in [1.54, 1.807) is 16.7 Å². The van der Waals surface area contributed by atoms with E-state index in [2.05, 4.69) is 16.9 Å². The van der Waals surface area contributed by atoms with Crippen LogP contribution < -0.4 is 10.9 Å². The Morgan fingerprint density at radius 2 is 2.14 bits per heavy atom. The van der Waals surface area contributed by atoms with Crippen LogP contribution in [0.25, 0.3) is 10.2 Å². The van der Waals surface area contributed by atoms with Crippen LogP contribution in [0.2, 0.25) is 5.02 Å². The Bertz CT molecular complexity index is 1120. The van der Waals surface area contributed by atoms with Crippen molar-refractivity contribution in [2.75, 3.05) is 11.1 Å². The molecule has 2 heterocycles. The monoisotopic (exact) mass is 447 g/mol. The Kier molecular flexibility index (Phi) is 7.16. The molecule has 3 aromatic rings. The summed E-state index contributed by atoms with van der Waals surface area (Å²) in [4.78, 5) is 30.6. The number of anilines is 1. The molecule has 0 aliphatic heterocycles. The van der Waals surface area contributed by atoms with Gasteiger partial charge in [0.05, 0.1) is 11.1 Å². The van der Waals surface area contributed by atoms with Crippen LogP contribution in [0.15, 0.2) is 46.2 Å². The lowest BCUT2D eigenvalue weighted by atomic mass is 10.0. The average Bonchev–Trinajstić information content (AvgIpc) is 3.18. The van der Waals surface area contributed by atoms with Crippen molar-refractivity contribution in [3.05, 3.63) is 62.7 Å². The zero-order valence-electron chi connectivity index (χ0n) is 16.3. The number of halogens is 1. The molecule has 0 saturated heterocycles. The molecule has 29 heavy (non-hydrogen) atoms. The normalized spacial score (nSPS) is 11.0. The van der Waals surface area contributed by atoms with Gasteiger partial charge < -0.3 is 5.32 Å². The predicted molar refractivity (Wildman–Crippen MR) is 124 cm³/mol. The maximum Gasteiger partial charge on any atom is 0.263 e. The molecule has 2 aromatic heterocycles. The molecular formula is C21H22ClN3O2S2. The highest BCUT2D eigenvalue weighted by Crippen LogP contribution is 2.30. The molecule has 0 aliphatic carbocycles. The first kappa shape index (κ1) is 21.6. The minimum Gasteiger partial charge on any atom is -0.325 e. The topological polar surface area (TPSA) is 64.0 Å². The van der Waals surface area contributed by atoms with Crippen LogP contribution >= 0.6 is 34.7 Å². The lowest BCUT2D eigenvalue weighted by Crippen LogP contribution is -2.23. The molecule has 1 N–H and O–H groups in total. The number of rotatable bonds is 8. The van der Waals surface area contributed by atoms with Crippen LogP contribution in [0.3, 0.4) is 0 Å². The number of nitrogens with zero attached hydrogens (tertiary/aromatic N) is 2. The summed E-state index contributed by atoms with van der Waals surface area (Å²) in [5, 5.41) is 6.61. The van der Waals surface area contributed by atoms with Crippen molar-refractivity contribution in [2.45, 2.75) is 38.4 Å². The maximum absolute atomic E-state index is 12.7. The van der Waals surface area contributed by atoms with Crippen molar-refractivity contribution in [1.29, 1.82) is 0 Å². The standard InChI is InChI=1S/C21H22ClN3O2S2/c1-4-10-25-20(27)15-9-11-28-19(15)24-21(25)29-12-17(26)23-18-13(5-2)7-8-16(22)14(18)6-3/h4,7-9,11H,1,5-6,10,12H2,2-3H3,(H,23,26). The van der Waals surface area contributed by atoms with E-state index in [-0.39, 0.29) is 17.2 Å². The van der Waals surface area contributed by atoms with Gasteiger partial charge in [-0.05, 0) is 41.5 Å². The number of aromatic nitrogens is 2. The van der Waals surface area contributed by atoms with Gasteiger partial charge in [0.1, 0.15) is 4.83 Å². The lowest BCUT2D eigenvalue weighted by molar-refractivity contribution is -0.113. The number of hydrogen-bond donors (Lipinski definition) is 1. The first-order valence-corrected chi connectivity index (χ1v) is 11.6. The third kappa shape index (κ3) is 4.57. The SMILES string of the molecule is C=CCn1c(SCC(=O)Nc2c(CC)ccc(Cl)c2CC)nc2sccc2c1=O. The predicted octanol–water partition coefficient (Wildman–Crippen LogP) is 5.15. The Labute approximate surface area is 182 Å². The van der Waals surface area contributed by atoms with E-state index in [9.17, 15) is 9.59 Å². The van der Waals surface area contributed by atoms with E-state index in [0.717, 1.165) is 29.7 Å². The smallest absolute Gasteiger partial charge is 0.263 e. The van der Waals surface area contributed by atoms with Gasteiger partial charge in [0.15, 0.2) is 5.16 Å². The second-order valence-electron chi connectivity index (χ2n) is 6.34. The third-order valence-corrected chi connectivity index (χ3v) is 6.67. The molecule has 1 aromatic carbocycles. The molecule has 8 heteroatoms. The fourth-order valence-electron chi connectivity index (χ4n) is 3.10. The second kappa shape index (κ2) is 9.61. The summed E-state index contributed by atoms with van der Waals surface area (Å²) in [7, 11) is 0. The van der Waals surface area contributed by atoms with Crippen LogP contribution in [-0.4, -0.2) is 21.2 Å². The highest BCUT2D eigenvalue weighted by atomic mass is 35.5. The number of allylic oxidation sites excluding steroid dienone is 1. The molecule has 152 valence electrons. The maximum atomic E-state index is 12.7.